The maximum absolute atomic E-state index is 10.9. The molecule has 0 aromatic heterocycles. The van der Waals surface area contributed by atoms with Gasteiger partial charge in [-0.25, -0.2) is 0 Å². The Morgan fingerprint density at radius 2 is 1.88 bits per heavy atom. The van der Waals surface area contributed by atoms with E-state index in [9.17, 15) is 5.11 Å². The number of rotatable bonds is 1. The van der Waals surface area contributed by atoms with Gasteiger partial charge >= 0.3 is 0 Å². The first-order chi connectivity index (χ1) is 7.53. The van der Waals surface area contributed by atoms with Gasteiger partial charge in [-0.2, -0.15) is 0 Å². The number of hydrogen-bond acceptors (Lipinski definition) is 3. The van der Waals surface area contributed by atoms with Crippen LogP contribution in [0.2, 0.25) is 0 Å². The smallest absolute Gasteiger partial charge is 0.0853 e. The first-order valence-electron chi connectivity index (χ1n) is 6.70. The minimum atomic E-state index is -0.667. The van der Waals surface area contributed by atoms with Crippen LogP contribution in [0.3, 0.4) is 0 Å². The second-order valence-corrected chi connectivity index (χ2v) is 6.28. The number of fused-ring (bicyclic) bond motifs is 2. The van der Waals surface area contributed by atoms with E-state index in [1.807, 2.05) is 0 Å². The molecule has 3 rings (SSSR count). The summed E-state index contributed by atoms with van der Waals surface area (Å²) < 4.78 is 5.85. The fourth-order valence-corrected chi connectivity index (χ4v) is 3.94. The highest BCUT2D eigenvalue weighted by atomic mass is 16.5. The summed E-state index contributed by atoms with van der Waals surface area (Å²) in [6.07, 6.45) is 7.39. The van der Waals surface area contributed by atoms with Gasteiger partial charge in [0.2, 0.25) is 0 Å². The van der Waals surface area contributed by atoms with Crippen LogP contribution in [-0.2, 0) is 4.74 Å². The number of ether oxygens (including phenoxy) is 1. The molecule has 3 fully saturated rings. The summed E-state index contributed by atoms with van der Waals surface area (Å²) in [5, 5.41) is 10.9. The quantitative estimate of drug-likeness (QED) is 0.712. The summed E-state index contributed by atoms with van der Waals surface area (Å²) in [6.45, 7) is 2.26. The molecule has 1 saturated carbocycles. The van der Waals surface area contributed by atoms with E-state index < -0.39 is 11.1 Å². The van der Waals surface area contributed by atoms with Crippen molar-refractivity contribution >= 4 is 0 Å². The largest absolute Gasteiger partial charge is 0.388 e. The molecule has 0 aromatic rings. The molecule has 1 aliphatic carbocycles. The van der Waals surface area contributed by atoms with Crippen LogP contribution < -0.4 is 5.73 Å². The molecule has 2 saturated heterocycles. The highest BCUT2D eigenvalue weighted by Crippen LogP contribution is 2.50. The molecular weight excluding hydrogens is 202 g/mol. The number of aliphatic hydroxyl groups is 1. The van der Waals surface area contributed by atoms with Gasteiger partial charge in [0.15, 0.2) is 0 Å². The van der Waals surface area contributed by atoms with Crippen molar-refractivity contribution in [2.75, 3.05) is 0 Å². The lowest BCUT2D eigenvalue weighted by Crippen LogP contribution is -2.66. The third-order valence-electron chi connectivity index (χ3n) is 5.22. The minimum Gasteiger partial charge on any atom is -0.388 e. The zero-order valence-corrected chi connectivity index (χ0v) is 10.1. The van der Waals surface area contributed by atoms with Gasteiger partial charge in [0.25, 0.3) is 0 Å². The number of nitrogens with two attached hydrogens (primary N) is 1. The molecule has 2 heterocycles. The average Bonchev–Trinajstić information content (AvgIpc) is 2.83. The van der Waals surface area contributed by atoms with Gasteiger partial charge in [0, 0.05) is 0 Å². The fraction of sp³-hybridized carbons (Fsp3) is 1.00. The Morgan fingerprint density at radius 3 is 2.38 bits per heavy atom. The summed E-state index contributed by atoms with van der Waals surface area (Å²) in [5.74, 6) is 0.739. The Balaban J connectivity index is 1.81. The van der Waals surface area contributed by atoms with E-state index in [-0.39, 0.29) is 6.10 Å². The van der Waals surface area contributed by atoms with Crippen molar-refractivity contribution in [3.8, 4) is 0 Å². The van der Waals surface area contributed by atoms with Gasteiger partial charge in [-0.15, -0.1) is 0 Å². The topological polar surface area (TPSA) is 55.5 Å². The molecule has 3 aliphatic rings. The van der Waals surface area contributed by atoms with Crippen LogP contribution in [0.5, 0.6) is 0 Å². The van der Waals surface area contributed by atoms with Crippen LogP contribution >= 0.6 is 0 Å². The van der Waals surface area contributed by atoms with Crippen molar-refractivity contribution < 1.29 is 9.84 Å². The predicted octanol–water partition coefficient (Wildman–Crippen LogP) is 1.58. The SMILES string of the molecule is CC1CCC(O)(C2(N)CC3CCC2O3)CC1. The van der Waals surface area contributed by atoms with E-state index in [0.717, 1.165) is 50.9 Å². The molecule has 92 valence electrons. The van der Waals surface area contributed by atoms with Crippen LogP contribution in [0.4, 0.5) is 0 Å². The second-order valence-electron chi connectivity index (χ2n) is 6.28. The maximum Gasteiger partial charge on any atom is 0.0853 e. The molecule has 3 unspecified atom stereocenters. The van der Waals surface area contributed by atoms with Gasteiger partial charge in [-0.3, -0.25) is 0 Å². The second kappa shape index (κ2) is 3.44. The van der Waals surface area contributed by atoms with Crippen molar-refractivity contribution in [3.63, 3.8) is 0 Å². The third kappa shape index (κ3) is 1.38. The fourth-order valence-electron chi connectivity index (χ4n) is 3.94. The van der Waals surface area contributed by atoms with Crippen LogP contribution in [-0.4, -0.2) is 28.5 Å². The molecule has 16 heavy (non-hydrogen) atoms. The van der Waals surface area contributed by atoms with Crippen molar-refractivity contribution in [2.24, 2.45) is 11.7 Å². The standard InChI is InChI=1S/C13H23NO2/c1-9-4-6-12(15,7-5-9)13(14)8-10-2-3-11(13)16-10/h9-11,15H,2-8,14H2,1H3. The summed E-state index contributed by atoms with van der Waals surface area (Å²) in [7, 11) is 0. The van der Waals surface area contributed by atoms with Crippen molar-refractivity contribution in [2.45, 2.75) is 75.2 Å². The Morgan fingerprint density at radius 1 is 1.19 bits per heavy atom. The van der Waals surface area contributed by atoms with Crippen molar-refractivity contribution in [1.29, 1.82) is 0 Å². The van der Waals surface area contributed by atoms with Gasteiger partial charge < -0.3 is 15.6 Å². The lowest BCUT2D eigenvalue weighted by molar-refractivity contribution is -0.0937. The van der Waals surface area contributed by atoms with Crippen LogP contribution in [0, 0.1) is 5.92 Å². The number of hydrogen-bond donors (Lipinski definition) is 2. The molecule has 0 radical (unpaired) electrons. The Labute approximate surface area is 97.3 Å². The first-order valence-corrected chi connectivity index (χ1v) is 6.70. The normalized spacial score (nSPS) is 56.8. The Bertz CT molecular complexity index is 286. The van der Waals surface area contributed by atoms with Gasteiger partial charge in [-0.1, -0.05) is 6.92 Å². The van der Waals surface area contributed by atoms with E-state index in [1.165, 1.54) is 0 Å². The van der Waals surface area contributed by atoms with Crippen molar-refractivity contribution in [1.82, 2.24) is 0 Å². The van der Waals surface area contributed by atoms with Crippen LogP contribution in [0.15, 0.2) is 0 Å². The highest BCUT2D eigenvalue weighted by Gasteiger charge is 2.60. The van der Waals surface area contributed by atoms with E-state index in [2.05, 4.69) is 6.92 Å². The molecule has 0 spiro atoms. The summed E-state index contributed by atoms with van der Waals surface area (Å²) in [6, 6.07) is 0. The highest BCUT2D eigenvalue weighted by molar-refractivity contribution is 5.16. The molecule has 3 nitrogen and oxygen atoms in total. The first kappa shape index (κ1) is 11.0. The minimum absolute atomic E-state index is 0.107. The van der Waals surface area contributed by atoms with E-state index in [4.69, 9.17) is 10.5 Å². The molecule has 0 amide bonds. The van der Waals surface area contributed by atoms with E-state index >= 15 is 0 Å². The van der Waals surface area contributed by atoms with E-state index in [0.29, 0.717) is 6.10 Å². The Kier molecular flexibility index (Phi) is 2.36. The maximum atomic E-state index is 10.9. The molecule has 3 heteroatoms. The third-order valence-corrected chi connectivity index (χ3v) is 5.22. The van der Waals surface area contributed by atoms with Crippen LogP contribution in [0.1, 0.15) is 51.9 Å². The lowest BCUT2D eigenvalue weighted by atomic mass is 9.63. The lowest BCUT2D eigenvalue weighted by Gasteiger charge is -2.49. The molecule has 0 aromatic carbocycles. The zero-order chi connectivity index (χ0) is 11.4. The zero-order valence-electron chi connectivity index (χ0n) is 10.1. The summed E-state index contributed by atoms with van der Waals surface area (Å²) in [4.78, 5) is 0. The van der Waals surface area contributed by atoms with Gasteiger partial charge in [-0.05, 0) is 50.9 Å². The van der Waals surface area contributed by atoms with Crippen molar-refractivity contribution in [3.05, 3.63) is 0 Å². The molecule has 2 bridgehead atoms. The summed E-state index contributed by atoms with van der Waals surface area (Å²) >= 11 is 0. The summed E-state index contributed by atoms with van der Waals surface area (Å²) in [5.41, 5.74) is 5.39. The molecular formula is C13H23NO2. The van der Waals surface area contributed by atoms with E-state index in [1.54, 1.807) is 0 Å². The molecule has 2 aliphatic heterocycles. The Hall–Kier alpha value is -0.120. The van der Waals surface area contributed by atoms with Gasteiger partial charge in [0.05, 0.1) is 23.3 Å². The molecule has 3 atom stereocenters. The molecule has 3 N–H and O–H groups in total. The monoisotopic (exact) mass is 225 g/mol. The van der Waals surface area contributed by atoms with Gasteiger partial charge in [0.1, 0.15) is 0 Å². The predicted molar refractivity (Wildman–Crippen MR) is 62.0 cm³/mol. The van der Waals surface area contributed by atoms with Crippen LogP contribution in [0.25, 0.3) is 0 Å². The average molecular weight is 225 g/mol.